The first-order chi connectivity index (χ1) is 15.7. The molecule has 0 radical (unpaired) electrons. The Hall–Kier alpha value is -2.81. The average Bonchev–Trinajstić information content (AvgIpc) is 3.50. The lowest BCUT2D eigenvalue weighted by Gasteiger charge is -2.40. The third kappa shape index (κ3) is 6.60. The quantitative estimate of drug-likeness (QED) is 0.526. The van der Waals surface area contributed by atoms with Crippen LogP contribution in [0.3, 0.4) is 0 Å². The Morgan fingerprint density at radius 3 is 2.55 bits per heavy atom. The number of nitrogens with zero attached hydrogens (tertiary/aromatic N) is 3. The van der Waals surface area contributed by atoms with Crippen molar-refractivity contribution in [3.8, 4) is 5.75 Å². The first-order valence-electron chi connectivity index (χ1n) is 11.5. The summed E-state index contributed by atoms with van der Waals surface area (Å²) >= 11 is 0. The fourth-order valence-electron chi connectivity index (χ4n) is 4.21. The zero-order chi connectivity index (χ0) is 24.0. The van der Waals surface area contributed by atoms with Gasteiger partial charge in [-0.2, -0.15) is 0 Å². The smallest absolute Gasteiger partial charge is 0.410 e. The molecule has 2 fully saturated rings. The Labute approximate surface area is 195 Å². The lowest BCUT2D eigenvalue weighted by molar-refractivity contribution is 0.00975. The van der Waals surface area contributed by atoms with Crippen molar-refractivity contribution < 1.29 is 19.0 Å². The molecule has 1 N–H and O–H groups in total. The van der Waals surface area contributed by atoms with Gasteiger partial charge in [0.05, 0.1) is 18.4 Å². The number of piperidine rings is 1. The molecule has 2 unspecified atom stereocenters. The summed E-state index contributed by atoms with van der Waals surface area (Å²) in [7, 11) is 3.28. The van der Waals surface area contributed by atoms with Crippen LogP contribution in [-0.2, 0) is 9.47 Å². The zero-order valence-corrected chi connectivity index (χ0v) is 20.3. The number of H-pyrrole nitrogens is 1. The minimum atomic E-state index is -0.581. The van der Waals surface area contributed by atoms with Crippen LogP contribution in [0.15, 0.2) is 29.7 Å². The van der Waals surface area contributed by atoms with E-state index < -0.39 is 5.60 Å². The summed E-state index contributed by atoms with van der Waals surface area (Å²) < 4.78 is 15.9. The van der Waals surface area contributed by atoms with Gasteiger partial charge >= 0.3 is 6.09 Å². The van der Waals surface area contributed by atoms with E-state index in [4.69, 9.17) is 14.2 Å². The Morgan fingerprint density at radius 1 is 1.24 bits per heavy atom. The van der Waals surface area contributed by atoms with Crippen LogP contribution in [0.2, 0.25) is 0 Å². The van der Waals surface area contributed by atoms with Gasteiger partial charge in [0.2, 0.25) is 0 Å². The molecule has 2 aliphatic heterocycles. The molecule has 1 aromatic heterocycles. The molecular formula is C24H36N4O5. The maximum Gasteiger partial charge on any atom is 0.410 e. The molecule has 182 valence electrons. The highest BCUT2D eigenvalue weighted by Gasteiger charge is 2.36. The Balaban J connectivity index is 0.000000541. The number of nitroso groups, excluding NO2 is 1. The third-order valence-electron chi connectivity index (χ3n) is 5.93. The SMILES string of the molecule is C1CCOC1.COc1ccc2[nH]cc(C3CC(N(C)N=O)CN(C(=O)OC(C)(C)C)C3)c2c1. The Kier molecular flexibility index (Phi) is 8.18. The second kappa shape index (κ2) is 10.9. The van der Waals surface area contributed by atoms with E-state index in [-0.39, 0.29) is 18.1 Å². The number of rotatable bonds is 4. The van der Waals surface area contributed by atoms with Gasteiger partial charge in [0.25, 0.3) is 0 Å². The molecule has 0 bridgehead atoms. The van der Waals surface area contributed by atoms with Crippen LogP contribution < -0.4 is 4.74 Å². The van der Waals surface area contributed by atoms with E-state index in [0.29, 0.717) is 19.5 Å². The normalized spacial score (nSPS) is 20.7. The topological polar surface area (TPSA) is 96.5 Å². The molecule has 2 atom stereocenters. The summed E-state index contributed by atoms with van der Waals surface area (Å²) in [6.45, 7) is 8.44. The summed E-state index contributed by atoms with van der Waals surface area (Å²) in [4.78, 5) is 28.8. The van der Waals surface area contributed by atoms with Crippen LogP contribution in [-0.4, -0.2) is 73.1 Å². The number of ether oxygens (including phenoxy) is 3. The van der Waals surface area contributed by atoms with Crippen molar-refractivity contribution in [2.45, 2.75) is 57.6 Å². The summed E-state index contributed by atoms with van der Waals surface area (Å²) in [5, 5.41) is 5.50. The number of methoxy groups -OCH3 is 1. The molecule has 33 heavy (non-hydrogen) atoms. The molecule has 4 rings (SSSR count). The van der Waals surface area contributed by atoms with Gasteiger partial charge in [0.1, 0.15) is 11.4 Å². The minimum Gasteiger partial charge on any atom is -0.497 e. The van der Waals surface area contributed by atoms with Crippen molar-refractivity contribution in [2.75, 3.05) is 40.5 Å². The van der Waals surface area contributed by atoms with Crippen molar-refractivity contribution in [1.29, 1.82) is 0 Å². The molecule has 0 saturated carbocycles. The Morgan fingerprint density at radius 2 is 1.97 bits per heavy atom. The molecule has 2 saturated heterocycles. The molecular weight excluding hydrogens is 424 g/mol. The van der Waals surface area contributed by atoms with E-state index in [1.807, 2.05) is 45.2 Å². The molecule has 2 aliphatic rings. The predicted octanol–water partition coefficient (Wildman–Crippen LogP) is 4.68. The van der Waals surface area contributed by atoms with Crippen LogP contribution in [0.4, 0.5) is 4.79 Å². The lowest BCUT2D eigenvalue weighted by atomic mass is 9.87. The number of aromatic nitrogens is 1. The van der Waals surface area contributed by atoms with Crippen molar-refractivity contribution >= 4 is 17.0 Å². The van der Waals surface area contributed by atoms with Gasteiger partial charge in [-0.1, -0.05) is 0 Å². The maximum absolute atomic E-state index is 12.7. The second-order valence-corrected chi connectivity index (χ2v) is 9.60. The van der Waals surface area contributed by atoms with Gasteiger partial charge < -0.3 is 24.1 Å². The number of aromatic amines is 1. The van der Waals surface area contributed by atoms with E-state index in [1.54, 1.807) is 19.1 Å². The van der Waals surface area contributed by atoms with Gasteiger partial charge in [-0.25, -0.2) is 4.79 Å². The van der Waals surface area contributed by atoms with Gasteiger partial charge in [-0.3, -0.25) is 5.01 Å². The molecule has 9 heteroatoms. The predicted molar refractivity (Wildman–Crippen MR) is 127 cm³/mol. The number of benzene rings is 1. The Bertz CT molecular complexity index is 927. The second-order valence-electron chi connectivity index (χ2n) is 9.60. The van der Waals surface area contributed by atoms with Crippen molar-refractivity contribution in [1.82, 2.24) is 14.9 Å². The molecule has 2 aromatic rings. The maximum atomic E-state index is 12.7. The molecule has 3 heterocycles. The third-order valence-corrected chi connectivity index (χ3v) is 5.93. The number of hydrogen-bond acceptors (Lipinski definition) is 6. The number of hydrogen-bond donors (Lipinski definition) is 1. The first-order valence-corrected chi connectivity index (χ1v) is 11.5. The van der Waals surface area contributed by atoms with Gasteiger partial charge in [-0.15, -0.1) is 4.91 Å². The molecule has 1 amide bonds. The molecule has 0 spiro atoms. The van der Waals surface area contributed by atoms with E-state index in [2.05, 4.69) is 10.3 Å². The van der Waals surface area contributed by atoms with Crippen LogP contribution in [0, 0.1) is 4.91 Å². The fourth-order valence-corrected chi connectivity index (χ4v) is 4.21. The number of amides is 1. The van der Waals surface area contributed by atoms with Crippen LogP contribution in [0.5, 0.6) is 5.75 Å². The summed E-state index contributed by atoms with van der Waals surface area (Å²) in [6.07, 6.45) is 4.86. The van der Waals surface area contributed by atoms with Crippen molar-refractivity contribution in [3.05, 3.63) is 34.9 Å². The largest absolute Gasteiger partial charge is 0.497 e. The number of nitrogens with one attached hydrogen (secondary N) is 1. The number of carbonyl (C=O) groups excluding carboxylic acids is 1. The van der Waals surface area contributed by atoms with Gasteiger partial charge in [-0.05, 0) is 63.8 Å². The highest BCUT2D eigenvalue weighted by atomic mass is 16.6. The van der Waals surface area contributed by atoms with E-state index in [1.165, 1.54) is 17.9 Å². The van der Waals surface area contributed by atoms with E-state index in [0.717, 1.165) is 35.4 Å². The molecule has 0 aliphatic carbocycles. The summed E-state index contributed by atoms with van der Waals surface area (Å²) in [5.74, 6) is 0.813. The van der Waals surface area contributed by atoms with E-state index in [9.17, 15) is 9.70 Å². The fraction of sp³-hybridized carbons (Fsp3) is 0.625. The van der Waals surface area contributed by atoms with Crippen molar-refractivity contribution in [3.63, 3.8) is 0 Å². The lowest BCUT2D eigenvalue weighted by Crippen LogP contribution is -2.51. The van der Waals surface area contributed by atoms with E-state index >= 15 is 0 Å². The van der Waals surface area contributed by atoms with Gasteiger partial charge in [0, 0.05) is 56.4 Å². The van der Waals surface area contributed by atoms with Crippen LogP contribution in [0.1, 0.15) is 51.5 Å². The molecule has 9 nitrogen and oxygen atoms in total. The first kappa shape index (κ1) is 24.8. The zero-order valence-electron chi connectivity index (χ0n) is 20.3. The number of fused-ring (bicyclic) bond motifs is 1. The monoisotopic (exact) mass is 460 g/mol. The average molecular weight is 461 g/mol. The highest BCUT2D eigenvalue weighted by molar-refractivity contribution is 5.85. The number of likely N-dealkylation sites (tertiary alicyclic amines) is 1. The highest BCUT2D eigenvalue weighted by Crippen LogP contribution is 2.35. The summed E-state index contributed by atoms with van der Waals surface area (Å²) in [5.41, 5.74) is 1.51. The summed E-state index contributed by atoms with van der Waals surface area (Å²) in [6, 6.07) is 5.69. The van der Waals surface area contributed by atoms with Gasteiger partial charge in [0.15, 0.2) is 0 Å². The molecule has 1 aromatic carbocycles. The number of likely N-dealkylation sites (N-methyl/N-ethyl adjacent to an activating group) is 1. The number of carbonyl (C=O) groups is 1. The van der Waals surface area contributed by atoms with Crippen molar-refractivity contribution in [2.24, 2.45) is 5.29 Å². The van der Waals surface area contributed by atoms with Crippen LogP contribution in [0.25, 0.3) is 10.9 Å². The minimum absolute atomic E-state index is 0.0383. The van der Waals surface area contributed by atoms with Crippen LogP contribution >= 0.6 is 0 Å². The standard InChI is InChI=1S/C20H28N4O4.C4H8O/c1-20(2,3)28-19(25)24-11-13(8-14(12-24)23(4)22-26)17-10-21-18-7-6-15(27-5)9-16(17)18;1-2-4-5-3-1/h6-7,9-10,13-14,21H,8,11-12H2,1-5H3;1-4H2.